The molecule has 0 radical (unpaired) electrons. The number of aromatic nitrogens is 1. The summed E-state index contributed by atoms with van der Waals surface area (Å²) < 4.78 is 0. The predicted molar refractivity (Wildman–Crippen MR) is 61.2 cm³/mol. The molecule has 1 atom stereocenters. The summed E-state index contributed by atoms with van der Waals surface area (Å²) in [7, 11) is 0. The van der Waals surface area contributed by atoms with Gasteiger partial charge in [-0.25, -0.2) is 9.78 Å². The van der Waals surface area contributed by atoms with Crippen LogP contribution >= 0.6 is 0 Å². The van der Waals surface area contributed by atoms with E-state index in [1.807, 2.05) is 24.3 Å². The lowest BCUT2D eigenvalue weighted by Gasteiger charge is -2.14. The van der Waals surface area contributed by atoms with Crippen LogP contribution in [0.2, 0.25) is 0 Å². The lowest BCUT2D eigenvalue weighted by atomic mass is 9.93. The molecular formula is C12H9N3O2. The standard InChI is InChI=1S/C12H9N3O2/c1-12(11(16)17)8-6-7-4-2-3-5-9(7)13-10(8)14-15-12/h2-6H,1H3,(H,16,17). The van der Waals surface area contributed by atoms with E-state index in [1.165, 1.54) is 6.92 Å². The van der Waals surface area contributed by atoms with Crippen molar-refractivity contribution in [1.82, 2.24) is 4.98 Å². The number of hydrogen-bond donors (Lipinski definition) is 1. The Bertz CT molecular complexity index is 666. The lowest BCUT2D eigenvalue weighted by molar-refractivity contribution is -0.142. The van der Waals surface area contributed by atoms with E-state index in [2.05, 4.69) is 15.2 Å². The third kappa shape index (κ3) is 1.25. The molecule has 5 heteroatoms. The fraction of sp³-hybridized carbons (Fsp3) is 0.167. The van der Waals surface area contributed by atoms with Crippen molar-refractivity contribution in [2.24, 2.45) is 10.2 Å². The van der Waals surface area contributed by atoms with Gasteiger partial charge in [0.1, 0.15) is 0 Å². The van der Waals surface area contributed by atoms with Gasteiger partial charge < -0.3 is 5.11 Å². The molecule has 0 saturated heterocycles. The number of para-hydroxylation sites is 1. The van der Waals surface area contributed by atoms with Crippen molar-refractivity contribution in [2.75, 3.05) is 0 Å². The molecular weight excluding hydrogens is 218 g/mol. The van der Waals surface area contributed by atoms with Crippen LogP contribution in [-0.2, 0) is 10.3 Å². The van der Waals surface area contributed by atoms with Gasteiger partial charge >= 0.3 is 5.97 Å². The Morgan fingerprint density at radius 3 is 2.88 bits per heavy atom. The van der Waals surface area contributed by atoms with Gasteiger partial charge in [0.2, 0.25) is 5.54 Å². The van der Waals surface area contributed by atoms with E-state index in [4.69, 9.17) is 0 Å². The number of aliphatic carboxylic acids is 1. The second kappa shape index (κ2) is 3.10. The highest BCUT2D eigenvalue weighted by atomic mass is 16.4. The van der Waals surface area contributed by atoms with Crippen molar-refractivity contribution in [1.29, 1.82) is 0 Å². The van der Waals surface area contributed by atoms with Crippen molar-refractivity contribution < 1.29 is 9.90 Å². The molecule has 0 bridgehead atoms. The SMILES string of the molecule is CC1(C(=O)O)N=Nc2nc3ccccc3cc21. The third-order valence-corrected chi connectivity index (χ3v) is 2.99. The zero-order chi connectivity index (χ0) is 12.0. The van der Waals surface area contributed by atoms with E-state index in [9.17, 15) is 9.90 Å². The zero-order valence-corrected chi connectivity index (χ0v) is 9.08. The topological polar surface area (TPSA) is 74.9 Å². The molecule has 3 rings (SSSR count). The molecule has 0 fully saturated rings. The van der Waals surface area contributed by atoms with E-state index < -0.39 is 11.5 Å². The van der Waals surface area contributed by atoms with Gasteiger partial charge in [0.05, 0.1) is 5.52 Å². The molecule has 0 aliphatic carbocycles. The quantitative estimate of drug-likeness (QED) is 0.813. The van der Waals surface area contributed by atoms with Crippen LogP contribution < -0.4 is 0 Å². The van der Waals surface area contributed by atoms with Crippen molar-refractivity contribution in [3.8, 4) is 0 Å². The molecule has 1 aromatic carbocycles. The van der Waals surface area contributed by atoms with Crippen LogP contribution in [0.25, 0.3) is 10.9 Å². The number of azo groups is 1. The Morgan fingerprint density at radius 2 is 2.12 bits per heavy atom. The largest absolute Gasteiger partial charge is 0.479 e. The lowest BCUT2D eigenvalue weighted by Crippen LogP contribution is -2.27. The number of rotatable bonds is 1. The second-order valence-corrected chi connectivity index (χ2v) is 4.13. The molecule has 5 nitrogen and oxygen atoms in total. The summed E-state index contributed by atoms with van der Waals surface area (Å²) in [4.78, 5) is 15.6. The van der Waals surface area contributed by atoms with Gasteiger partial charge in [-0.05, 0) is 19.1 Å². The molecule has 1 aromatic heterocycles. The number of fused-ring (bicyclic) bond motifs is 2. The maximum Gasteiger partial charge on any atom is 0.338 e. The predicted octanol–water partition coefficient (Wildman–Crippen LogP) is 2.63. The third-order valence-electron chi connectivity index (χ3n) is 2.99. The van der Waals surface area contributed by atoms with Crippen LogP contribution in [0.1, 0.15) is 12.5 Å². The number of carbonyl (C=O) groups is 1. The van der Waals surface area contributed by atoms with Crippen molar-refractivity contribution in [2.45, 2.75) is 12.5 Å². The Labute approximate surface area is 96.8 Å². The molecule has 2 heterocycles. The highest BCUT2D eigenvalue weighted by molar-refractivity contribution is 5.88. The minimum Gasteiger partial charge on any atom is -0.479 e. The van der Waals surface area contributed by atoms with E-state index >= 15 is 0 Å². The Hall–Kier alpha value is -2.30. The van der Waals surface area contributed by atoms with Gasteiger partial charge in [-0.1, -0.05) is 18.2 Å². The first-order valence-electron chi connectivity index (χ1n) is 5.18. The van der Waals surface area contributed by atoms with Gasteiger partial charge in [0.15, 0.2) is 5.82 Å². The number of nitrogens with zero attached hydrogens (tertiary/aromatic N) is 3. The molecule has 0 spiro atoms. The first-order valence-corrected chi connectivity index (χ1v) is 5.18. The molecule has 1 aliphatic heterocycles. The van der Waals surface area contributed by atoms with Crippen molar-refractivity contribution >= 4 is 22.7 Å². The number of carboxylic acid groups (broad SMARTS) is 1. The molecule has 1 N–H and O–H groups in total. The monoisotopic (exact) mass is 227 g/mol. The van der Waals surface area contributed by atoms with Crippen molar-refractivity contribution in [3.63, 3.8) is 0 Å². The summed E-state index contributed by atoms with van der Waals surface area (Å²) in [5, 5.41) is 17.8. The molecule has 0 amide bonds. The van der Waals surface area contributed by atoms with E-state index in [0.29, 0.717) is 11.4 Å². The minimum absolute atomic E-state index is 0.397. The summed E-state index contributed by atoms with van der Waals surface area (Å²) in [5.74, 6) is -0.620. The minimum atomic E-state index is -1.31. The average molecular weight is 227 g/mol. The van der Waals surface area contributed by atoms with Crippen LogP contribution in [0.15, 0.2) is 40.6 Å². The highest BCUT2D eigenvalue weighted by Crippen LogP contribution is 2.40. The normalized spacial score (nSPS) is 21.7. The first-order chi connectivity index (χ1) is 8.11. The summed E-state index contributed by atoms with van der Waals surface area (Å²) in [6.45, 7) is 1.53. The van der Waals surface area contributed by atoms with Gasteiger partial charge in [-0.15, -0.1) is 5.11 Å². The van der Waals surface area contributed by atoms with E-state index in [-0.39, 0.29) is 0 Å². The summed E-state index contributed by atoms with van der Waals surface area (Å²) in [6, 6.07) is 9.32. The van der Waals surface area contributed by atoms with E-state index in [0.717, 1.165) is 10.9 Å². The van der Waals surface area contributed by atoms with Gasteiger partial charge in [-0.2, -0.15) is 5.11 Å². The number of carboxylic acids is 1. The van der Waals surface area contributed by atoms with Crippen LogP contribution in [-0.4, -0.2) is 16.1 Å². The highest BCUT2D eigenvalue weighted by Gasteiger charge is 2.42. The first kappa shape index (κ1) is 9.89. The van der Waals surface area contributed by atoms with Gasteiger partial charge in [0, 0.05) is 10.9 Å². The van der Waals surface area contributed by atoms with E-state index in [1.54, 1.807) is 6.07 Å². The zero-order valence-electron chi connectivity index (χ0n) is 9.08. The summed E-state index contributed by atoms with van der Waals surface area (Å²) >= 11 is 0. The molecule has 0 saturated carbocycles. The van der Waals surface area contributed by atoms with Gasteiger partial charge in [0.25, 0.3) is 0 Å². The van der Waals surface area contributed by atoms with Crippen LogP contribution in [0, 0.1) is 0 Å². The Balaban J connectivity index is 2.32. The number of pyridine rings is 1. The molecule has 1 aliphatic rings. The fourth-order valence-corrected chi connectivity index (χ4v) is 1.90. The average Bonchev–Trinajstić information content (AvgIpc) is 2.66. The maximum atomic E-state index is 11.2. The second-order valence-electron chi connectivity index (χ2n) is 4.13. The fourth-order valence-electron chi connectivity index (χ4n) is 1.90. The Morgan fingerprint density at radius 1 is 1.35 bits per heavy atom. The smallest absolute Gasteiger partial charge is 0.338 e. The molecule has 84 valence electrons. The van der Waals surface area contributed by atoms with Crippen LogP contribution in [0.5, 0.6) is 0 Å². The maximum absolute atomic E-state index is 11.2. The van der Waals surface area contributed by atoms with Crippen molar-refractivity contribution in [3.05, 3.63) is 35.9 Å². The van der Waals surface area contributed by atoms with Crippen LogP contribution in [0.4, 0.5) is 5.82 Å². The number of benzene rings is 1. The summed E-state index contributed by atoms with van der Waals surface area (Å²) in [5.41, 5.74) is 0.0235. The van der Waals surface area contributed by atoms with Crippen LogP contribution in [0.3, 0.4) is 0 Å². The molecule has 17 heavy (non-hydrogen) atoms. The molecule has 2 aromatic rings. The number of hydrogen-bond acceptors (Lipinski definition) is 4. The van der Waals surface area contributed by atoms with Gasteiger partial charge in [-0.3, -0.25) is 0 Å². The Kier molecular flexibility index (Phi) is 1.80. The summed E-state index contributed by atoms with van der Waals surface area (Å²) in [6.07, 6.45) is 0. The molecule has 1 unspecified atom stereocenters.